The number of hydrogen-bond acceptors (Lipinski definition) is 5. The quantitative estimate of drug-likeness (QED) is 0.557. The van der Waals surface area contributed by atoms with Crippen LogP contribution in [0.25, 0.3) is 10.9 Å². The van der Waals surface area contributed by atoms with Gasteiger partial charge in [0.2, 0.25) is 0 Å². The van der Waals surface area contributed by atoms with E-state index >= 15 is 0 Å². The van der Waals surface area contributed by atoms with Gasteiger partial charge in [-0.2, -0.15) is 0 Å². The van der Waals surface area contributed by atoms with Crippen LogP contribution in [-0.4, -0.2) is 15.0 Å². The molecule has 0 aliphatic heterocycles. The van der Waals surface area contributed by atoms with Crippen LogP contribution in [0.1, 0.15) is 5.56 Å². The lowest BCUT2D eigenvalue weighted by atomic mass is 10.2. The van der Waals surface area contributed by atoms with E-state index in [1.54, 1.807) is 30.5 Å². The fraction of sp³-hybridized carbons (Fsp3) is 0.0500. The van der Waals surface area contributed by atoms with Gasteiger partial charge in [-0.05, 0) is 18.2 Å². The summed E-state index contributed by atoms with van der Waals surface area (Å²) in [4.78, 5) is 12.9. The molecule has 0 spiro atoms. The molecule has 5 nitrogen and oxygen atoms in total. The molecule has 2 heterocycles. The van der Waals surface area contributed by atoms with Gasteiger partial charge in [0, 0.05) is 29.8 Å². The minimum atomic E-state index is -0.241. The Bertz CT molecular complexity index is 1050. The lowest BCUT2D eigenvalue weighted by Gasteiger charge is -2.10. The van der Waals surface area contributed by atoms with Gasteiger partial charge < -0.3 is 10.6 Å². The van der Waals surface area contributed by atoms with Crippen molar-refractivity contribution in [1.29, 1.82) is 0 Å². The van der Waals surface area contributed by atoms with Crippen molar-refractivity contribution in [2.75, 3.05) is 10.6 Å². The lowest BCUT2D eigenvalue weighted by molar-refractivity contribution is 0.613. The smallest absolute Gasteiger partial charge is 0.135 e. The molecule has 0 saturated heterocycles. The van der Waals surface area contributed by atoms with Gasteiger partial charge in [-0.25, -0.2) is 14.4 Å². The second-order valence-corrected chi connectivity index (χ2v) is 5.74. The molecular weight excluding hydrogens is 329 g/mol. The fourth-order valence-corrected chi connectivity index (χ4v) is 2.69. The lowest BCUT2D eigenvalue weighted by Crippen LogP contribution is -2.04. The van der Waals surface area contributed by atoms with Crippen LogP contribution in [0, 0.1) is 5.82 Å². The van der Waals surface area contributed by atoms with Gasteiger partial charge >= 0.3 is 0 Å². The molecule has 2 N–H and O–H groups in total. The van der Waals surface area contributed by atoms with Crippen molar-refractivity contribution >= 4 is 28.2 Å². The molecule has 0 aliphatic carbocycles. The number of para-hydroxylation sites is 1. The molecule has 2 aromatic heterocycles. The molecule has 0 bridgehead atoms. The molecule has 4 aromatic rings. The summed E-state index contributed by atoms with van der Waals surface area (Å²) in [5.41, 5.74) is 2.32. The van der Waals surface area contributed by atoms with Crippen molar-refractivity contribution in [2.24, 2.45) is 0 Å². The van der Waals surface area contributed by atoms with Crippen LogP contribution < -0.4 is 10.6 Å². The second-order valence-electron chi connectivity index (χ2n) is 5.74. The third kappa shape index (κ3) is 3.44. The van der Waals surface area contributed by atoms with E-state index in [2.05, 4.69) is 25.6 Å². The second kappa shape index (κ2) is 7.14. The maximum atomic E-state index is 13.7. The highest BCUT2D eigenvalue weighted by Gasteiger charge is 2.05. The molecule has 0 fully saturated rings. The number of nitrogens with zero attached hydrogens (tertiary/aromatic N) is 3. The monoisotopic (exact) mass is 345 g/mol. The van der Waals surface area contributed by atoms with Crippen LogP contribution in [-0.2, 0) is 6.54 Å². The van der Waals surface area contributed by atoms with Crippen LogP contribution in [0.4, 0.5) is 21.7 Å². The van der Waals surface area contributed by atoms with Crippen molar-refractivity contribution < 1.29 is 4.39 Å². The van der Waals surface area contributed by atoms with E-state index < -0.39 is 0 Å². The standard InChI is InChI=1S/C20H16FN5/c21-16-8-2-1-5-15(16)12-23-18-11-19(25-13-24-18)26-17-9-3-6-14-7-4-10-22-20(14)17/h1-11,13H,12H2,(H2,23,24,25,26). The predicted molar refractivity (Wildman–Crippen MR) is 101 cm³/mol. The number of anilines is 3. The largest absolute Gasteiger partial charge is 0.366 e. The van der Waals surface area contributed by atoms with E-state index in [-0.39, 0.29) is 5.82 Å². The summed E-state index contributed by atoms with van der Waals surface area (Å²) in [5.74, 6) is 1.00. The van der Waals surface area contributed by atoms with E-state index in [1.807, 2.05) is 30.3 Å². The van der Waals surface area contributed by atoms with Crippen molar-refractivity contribution in [2.45, 2.75) is 6.54 Å². The third-order valence-corrected chi connectivity index (χ3v) is 3.98. The molecule has 0 aliphatic rings. The zero-order valence-electron chi connectivity index (χ0n) is 13.9. The Labute approximate surface area is 150 Å². The summed E-state index contributed by atoms with van der Waals surface area (Å²) in [6.45, 7) is 0.346. The van der Waals surface area contributed by atoms with Gasteiger partial charge in [-0.3, -0.25) is 4.98 Å². The Morgan fingerprint density at radius 1 is 0.846 bits per heavy atom. The van der Waals surface area contributed by atoms with Crippen molar-refractivity contribution in [1.82, 2.24) is 15.0 Å². The van der Waals surface area contributed by atoms with Gasteiger partial charge in [0.1, 0.15) is 23.8 Å². The zero-order valence-corrected chi connectivity index (χ0v) is 13.9. The maximum Gasteiger partial charge on any atom is 0.135 e. The highest BCUT2D eigenvalue weighted by molar-refractivity contribution is 5.91. The van der Waals surface area contributed by atoms with Crippen molar-refractivity contribution in [3.8, 4) is 0 Å². The molecule has 0 saturated carbocycles. The Morgan fingerprint density at radius 3 is 2.62 bits per heavy atom. The van der Waals surface area contributed by atoms with Gasteiger partial charge in [0.15, 0.2) is 0 Å². The number of nitrogens with one attached hydrogen (secondary N) is 2. The Morgan fingerprint density at radius 2 is 1.69 bits per heavy atom. The molecule has 6 heteroatoms. The summed E-state index contributed by atoms with van der Waals surface area (Å²) in [6.07, 6.45) is 3.22. The molecule has 4 rings (SSSR count). The Hall–Kier alpha value is -3.54. The summed E-state index contributed by atoms with van der Waals surface area (Å²) in [7, 11) is 0. The SMILES string of the molecule is Fc1ccccc1CNc1cc(Nc2cccc3cccnc23)ncn1. The third-order valence-electron chi connectivity index (χ3n) is 3.98. The first-order valence-electron chi connectivity index (χ1n) is 8.20. The van der Waals surface area contributed by atoms with Crippen molar-refractivity contribution in [3.63, 3.8) is 0 Å². The van der Waals surface area contributed by atoms with E-state index in [1.165, 1.54) is 12.4 Å². The van der Waals surface area contributed by atoms with Crippen molar-refractivity contribution in [3.05, 3.63) is 84.6 Å². The van der Waals surface area contributed by atoms with Gasteiger partial charge in [0.25, 0.3) is 0 Å². The van der Waals surface area contributed by atoms with E-state index in [4.69, 9.17) is 0 Å². The topological polar surface area (TPSA) is 62.7 Å². The highest BCUT2D eigenvalue weighted by atomic mass is 19.1. The number of fused-ring (bicyclic) bond motifs is 1. The minimum absolute atomic E-state index is 0.241. The number of aromatic nitrogens is 3. The number of halogens is 1. The summed E-state index contributed by atoms with van der Waals surface area (Å²) < 4.78 is 13.7. The first-order valence-corrected chi connectivity index (χ1v) is 8.20. The van der Waals surface area contributed by atoms with Gasteiger partial charge in [-0.15, -0.1) is 0 Å². The summed E-state index contributed by atoms with van der Waals surface area (Å²) >= 11 is 0. The Kier molecular flexibility index (Phi) is 4.38. The number of pyridine rings is 1. The molecule has 0 radical (unpaired) electrons. The van der Waals surface area contributed by atoms with Gasteiger partial charge in [0.05, 0.1) is 11.2 Å². The molecule has 0 unspecified atom stereocenters. The molecule has 2 aromatic carbocycles. The first-order chi connectivity index (χ1) is 12.8. The van der Waals surface area contributed by atoms with Gasteiger partial charge in [-0.1, -0.05) is 36.4 Å². The molecule has 0 atom stereocenters. The van der Waals surface area contributed by atoms with E-state index in [0.717, 1.165) is 16.6 Å². The predicted octanol–water partition coefficient (Wildman–Crippen LogP) is 4.52. The molecule has 26 heavy (non-hydrogen) atoms. The molecular formula is C20H16FN5. The summed E-state index contributed by atoms with van der Waals surface area (Å²) in [5, 5.41) is 7.43. The number of hydrogen-bond donors (Lipinski definition) is 2. The van der Waals surface area contributed by atoms with Crippen LogP contribution in [0.2, 0.25) is 0 Å². The van der Waals surface area contributed by atoms with Crippen LogP contribution >= 0.6 is 0 Å². The average Bonchev–Trinajstić information content (AvgIpc) is 2.68. The van der Waals surface area contributed by atoms with E-state index in [0.29, 0.717) is 23.7 Å². The average molecular weight is 345 g/mol. The zero-order chi connectivity index (χ0) is 17.8. The van der Waals surface area contributed by atoms with E-state index in [9.17, 15) is 4.39 Å². The minimum Gasteiger partial charge on any atom is -0.366 e. The number of rotatable bonds is 5. The van der Waals surface area contributed by atoms with Crippen LogP contribution in [0.3, 0.4) is 0 Å². The highest BCUT2D eigenvalue weighted by Crippen LogP contribution is 2.24. The normalized spacial score (nSPS) is 10.7. The van der Waals surface area contributed by atoms with Crippen LogP contribution in [0.15, 0.2) is 73.2 Å². The molecule has 0 amide bonds. The fourth-order valence-electron chi connectivity index (χ4n) is 2.69. The van der Waals surface area contributed by atoms with Crippen LogP contribution in [0.5, 0.6) is 0 Å². The first kappa shape index (κ1) is 16.0. The Balaban J connectivity index is 1.53. The number of benzene rings is 2. The maximum absolute atomic E-state index is 13.7. The molecule has 128 valence electrons. The summed E-state index contributed by atoms with van der Waals surface area (Å²) in [6, 6.07) is 18.3.